The summed E-state index contributed by atoms with van der Waals surface area (Å²) in [5, 5.41) is 16.7. The van der Waals surface area contributed by atoms with Gasteiger partial charge in [0.2, 0.25) is 0 Å². The summed E-state index contributed by atoms with van der Waals surface area (Å²) in [7, 11) is 2.09. The van der Waals surface area contributed by atoms with Crippen molar-refractivity contribution in [1.29, 1.82) is 0 Å². The Kier molecular flexibility index (Phi) is 5.10. The van der Waals surface area contributed by atoms with Crippen LogP contribution in [-0.4, -0.2) is 91.4 Å². The highest BCUT2D eigenvalue weighted by Crippen LogP contribution is 2.31. The van der Waals surface area contributed by atoms with Gasteiger partial charge >= 0.3 is 6.03 Å². The van der Waals surface area contributed by atoms with Crippen LogP contribution in [0.1, 0.15) is 0 Å². The van der Waals surface area contributed by atoms with Gasteiger partial charge in [-0.1, -0.05) is 18.2 Å². The van der Waals surface area contributed by atoms with Crippen molar-refractivity contribution in [3.05, 3.63) is 30.3 Å². The van der Waals surface area contributed by atoms with Crippen molar-refractivity contribution >= 4 is 11.7 Å². The molecule has 5 atom stereocenters. The second-order valence-corrected chi connectivity index (χ2v) is 7.19. The van der Waals surface area contributed by atoms with Crippen molar-refractivity contribution in [2.45, 2.75) is 30.6 Å². The Morgan fingerprint density at radius 3 is 2.65 bits per heavy atom. The number of nitrogens with zero attached hydrogens (tertiary/aromatic N) is 2. The Morgan fingerprint density at radius 1 is 1.19 bits per heavy atom. The molecule has 5 unspecified atom stereocenters. The number of hydrogen-bond acceptors (Lipinski definition) is 6. The Morgan fingerprint density at radius 2 is 1.92 bits per heavy atom. The molecule has 2 bridgehead atoms. The van der Waals surface area contributed by atoms with Crippen LogP contribution in [0.2, 0.25) is 0 Å². The molecular weight excluding hydrogens is 336 g/mol. The van der Waals surface area contributed by atoms with E-state index in [0.717, 1.165) is 26.2 Å². The van der Waals surface area contributed by atoms with E-state index in [1.54, 1.807) is 0 Å². The molecule has 1 aromatic carbocycles. The monoisotopic (exact) mass is 362 g/mol. The highest BCUT2D eigenvalue weighted by Gasteiger charge is 2.52. The van der Waals surface area contributed by atoms with E-state index in [0.29, 0.717) is 12.3 Å². The van der Waals surface area contributed by atoms with E-state index < -0.39 is 18.4 Å². The molecule has 0 spiro atoms. The second kappa shape index (κ2) is 7.50. The van der Waals surface area contributed by atoms with Gasteiger partial charge in [-0.15, -0.1) is 0 Å². The van der Waals surface area contributed by atoms with Crippen molar-refractivity contribution in [2.24, 2.45) is 0 Å². The highest BCUT2D eigenvalue weighted by atomic mass is 16.7. The lowest BCUT2D eigenvalue weighted by Crippen LogP contribution is -2.67. The van der Waals surface area contributed by atoms with Gasteiger partial charge in [-0.25, -0.2) is 4.79 Å². The first kappa shape index (κ1) is 17.7. The van der Waals surface area contributed by atoms with Crippen LogP contribution in [0.3, 0.4) is 0 Å². The van der Waals surface area contributed by atoms with Crippen molar-refractivity contribution in [3.8, 4) is 0 Å². The van der Waals surface area contributed by atoms with Crippen molar-refractivity contribution in [2.75, 3.05) is 45.2 Å². The molecule has 8 nitrogen and oxygen atoms in total. The first-order valence-corrected chi connectivity index (χ1v) is 9.12. The molecule has 3 aliphatic heterocycles. The minimum atomic E-state index is -0.744. The summed E-state index contributed by atoms with van der Waals surface area (Å²) in [6.07, 6.45) is -1.51. The average Bonchev–Trinajstić information content (AvgIpc) is 3.07. The van der Waals surface area contributed by atoms with Gasteiger partial charge < -0.3 is 30.1 Å². The van der Waals surface area contributed by atoms with Gasteiger partial charge in [-0.3, -0.25) is 4.90 Å². The average molecular weight is 362 g/mol. The summed E-state index contributed by atoms with van der Waals surface area (Å²) < 4.78 is 11.7. The maximum Gasteiger partial charge on any atom is 0.319 e. The van der Waals surface area contributed by atoms with Crippen molar-refractivity contribution in [1.82, 2.24) is 15.1 Å². The van der Waals surface area contributed by atoms with Gasteiger partial charge in [-0.2, -0.15) is 0 Å². The molecule has 1 aromatic rings. The molecule has 4 rings (SSSR count). The molecule has 142 valence electrons. The Bertz CT molecular complexity index is 623. The molecule has 3 N–H and O–H groups in total. The lowest BCUT2D eigenvalue weighted by Gasteiger charge is -2.46. The number of piperazine rings is 1. The fourth-order valence-corrected chi connectivity index (χ4v) is 3.93. The molecule has 3 heterocycles. The van der Waals surface area contributed by atoms with Crippen LogP contribution in [0.4, 0.5) is 10.5 Å². The number of benzene rings is 1. The van der Waals surface area contributed by atoms with Crippen LogP contribution in [0.25, 0.3) is 0 Å². The molecule has 0 saturated carbocycles. The predicted molar refractivity (Wildman–Crippen MR) is 95.9 cm³/mol. The van der Waals surface area contributed by atoms with E-state index in [4.69, 9.17) is 9.47 Å². The topological polar surface area (TPSA) is 86.3 Å². The molecule has 3 fully saturated rings. The standard InChI is InChI=1S/C18H26N4O4/c1-21-7-9-22(10-8-21)15-16(23)14(13-11-25-17(15)26-13)20-18(24)19-12-5-3-2-4-6-12/h2-6,13-17,23H,7-11H2,1H3,(H2,19,20,24). The molecular formula is C18H26N4O4. The Hall–Kier alpha value is -1.71. The molecule has 26 heavy (non-hydrogen) atoms. The number of aliphatic hydroxyl groups is 1. The van der Waals surface area contributed by atoms with E-state index in [2.05, 4.69) is 27.5 Å². The number of amides is 2. The quantitative estimate of drug-likeness (QED) is 0.697. The number of fused-ring (bicyclic) bond motifs is 2. The van der Waals surface area contributed by atoms with Gasteiger partial charge in [0, 0.05) is 31.9 Å². The normalized spacial score (nSPS) is 35.2. The number of carbonyl (C=O) groups excluding carboxylic acids is 1. The fourth-order valence-electron chi connectivity index (χ4n) is 3.93. The van der Waals surface area contributed by atoms with Crippen LogP contribution in [0.5, 0.6) is 0 Å². The second-order valence-electron chi connectivity index (χ2n) is 7.19. The number of carbonyl (C=O) groups is 1. The summed E-state index contributed by atoms with van der Waals surface area (Å²) in [5.41, 5.74) is 0.701. The van der Waals surface area contributed by atoms with E-state index in [-0.39, 0.29) is 18.2 Å². The van der Waals surface area contributed by atoms with E-state index >= 15 is 0 Å². The zero-order valence-corrected chi connectivity index (χ0v) is 14.9. The van der Waals surface area contributed by atoms with Crippen molar-refractivity contribution in [3.63, 3.8) is 0 Å². The third kappa shape index (κ3) is 3.56. The van der Waals surface area contributed by atoms with Crippen LogP contribution in [-0.2, 0) is 9.47 Å². The minimum absolute atomic E-state index is 0.274. The molecule has 3 aliphatic rings. The van der Waals surface area contributed by atoms with Gasteiger partial charge in [-0.05, 0) is 19.2 Å². The van der Waals surface area contributed by atoms with Crippen LogP contribution < -0.4 is 10.6 Å². The molecule has 8 heteroatoms. The summed E-state index contributed by atoms with van der Waals surface area (Å²) in [4.78, 5) is 16.8. The number of urea groups is 1. The molecule has 0 radical (unpaired) electrons. The van der Waals surface area contributed by atoms with Crippen LogP contribution >= 0.6 is 0 Å². The summed E-state index contributed by atoms with van der Waals surface area (Å²) in [6, 6.07) is 8.08. The number of hydrogen-bond donors (Lipinski definition) is 3. The smallest absolute Gasteiger partial charge is 0.319 e. The number of aliphatic hydroxyl groups excluding tert-OH is 1. The maximum atomic E-state index is 12.4. The number of ether oxygens (including phenoxy) is 2. The molecule has 0 aromatic heterocycles. The van der Waals surface area contributed by atoms with Gasteiger partial charge in [0.25, 0.3) is 0 Å². The summed E-state index contributed by atoms with van der Waals surface area (Å²) in [6.45, 7) is 3.93. The zero-order chi connectivity index (χ0) is 18.1. The Labute approximate surface area is 153 Å². The molecule has 2 amide bonds. The highest BCUT2D eigenvalue weighted by molar-refractivity contribution is 5.89. The number of anilines is 1. The van der Waals surface area contributed by atoms with Gasteiger partial charge in [0.1, 0.15) is 6.10 Å². The summed E-state index contributed by atoms with van der Waals surface area (Å²) in [5.74, 6) is 0. The lowest BCUT2D eigenvalue weighted by molar-refractivity contribution is -0.184. The largest absolute Gasteiger partial charge is 0.389 e. The number of para-hydroxylation sites is 1. The third-order valence-corrected chi connectivity index (χ3v) is 5.42. The SMILES string of the molecule is CN1CCN(C2C3OCC(O3)C(NC(=O)Nc3ccccc3)C2O)CC1. The lowest BCUT2D eigenvalue weighted by atomic mass is 9.94. The first-order valence-electron chi connectivity index (χ1n) is 9.12. The zero-order valence-electron chi connectivity index (χ0n) is 14.9. The molecule has 3 saturated heterocycles. The fraction of sp³-hybridized carbons (Fsp3) is 0.611. The number of nitrogens with one attached hydrogen (secondary N) is 2. The van der Waals surface area contributed by atoms with E-state index in [1.165, 1.54) is 0 Å². The summed E-state index contributed by atoms with van der Waals surface area (Å²) >= 11 is 0. The van der Waals surface area contributed by atoms with Gasteiger partial charge in [0.15, 0.2) is 6.29 Å². The van der Waals surface area contributed by atoms with Crippen LogP contribution in [0, 0.1) is 0 Å². The van der Waals surface area contributed by atoms with Gasteiger partial charge in [0.05, 0.1) is 24.8 Å². The third-order valence-electron chi connectivity index (χ3n) is 5.42. The first-order chi connectivity index (χ1) is 12.6. The number of rotatable bonds is 3. The van der Waals surface area contributed by atoms with Crippen LogP contribution in [0.15, 0.2) is 30.3 Å². The number of likely N-dealkylation sites (N-methyl/N-ethyl adjacent to an activating group) is 1. The minimum Gasteiger partial charge on any atom is -0.389 e. The maximum absolute atomic E-state index is 12.4. The predicted octanol–water partition coefficient (Wildman–Crippen LogP) is -0.0913. The van der Waals surface area contributed by atoms with E-state index in [9.17, 15) is 9.90 Å². The molecule has 0 aliphatic carbocycles. The Balaban J connectivity index is 1.43. The van der Waals surface area contributed by atoms with E-state index in [1.807, 2.05) is 30.3 Å². The van der Waals surface area contributed by atoms with Crippen molar-refractivity contribution < 1.29 is 19.4 Å².